The predicted octanol–water partition coefficient (Wildman–Crippen LogP) is 3.98. The van der Waals surface area contributed by atoms with Crippen molar-refractivity contribution in [2.24, 2.45) is 0 Å². The molecule has 24 heavy (non-hydrogen) atoms. The maximum Gasteiger partial charge on any atom is 0.319 e. The molecule has 0 saturated carbocycles. The van der Waals surface area contributed by atoms with Crippen molar-refractivity contribution in [3.05, 3.63) is 29.8 Å². The monoisotopic (exact) mass is 349 g/mol. The van der Waals surface area contributed by atoms with E-state index in [0.29, 0.717) is 0 Å². The Bertz CT molecular complexity index is 472. The molecule has 0 aliphatic carbocycles. The molecule has 1 aliphatic heterocycles. The van der Waals surface area contributed by atoms with Crippen molar-refractivity contribution in [3.8, 4) is 0 Å². The highest BCUT2D eigenvalue weighted by molar-refractivity contribution is 7.99. The van der Waals surface area contributed by atoms with Gasteiger partial charge in [-0.2, -0.15) is 11.8 Å². The first kappa shape index (κ1) is 19.1. The van der Waals surface area contributed by atoms with Crippen LogP contribution in [-0.4, -0.2) is 48.6 Å². The summed E-state index contributed by atoms with van der Waals surface area (Å²) in [4.78, 5) is 14.4. The van der Waals surface area contributed by atoms with Crippen LogP contribution in [0, 0.1) is 0 Å². The molecule has 0 atom stereocenters. The van der Waals surface area contributed by atoms with Crippen LogP contribution in [0.4, 0.5) is 10.5 Å². The number of nitrogens with zero attached hydrogens (tertiary/aromatic N) is 1. The van der Waals surface area contributed by atoms with Crippen molar-refractivity contribution in [2.45, 2.75) is 39.0 Å². The highest BCUT2D eigenvalue weighted by Crippen LogP contribution is 2.13. The zero-order chi connectivity index (χ0) is 17.0. The smallest absolute Gasteiger partial charge is 0.319 e. The number of anilines is 1. The van der Waals surface area contributed by atoms with Gasteiger partial charge in [-0.3, -0.25) is 0 Å². The van der Waals surface area contributed by atoms with Crippen molar-refractivity contribution in [1.29, 1.82) is 0 Å². The quantitative estimate of drug-likeness (QED) is 0.663. The van der Waals surface area contributed by atoms with Crippen LogP contribution < -0.4 is 10.6 Å². The lowest BCUT2D eigenvalue weighted by molar-refractivity contribution is 0.252. The Labute approximate surface area is 150 Å². The molecule has 0 aromatic heterocycles. The largest absolute Gasteiger partial charge is 0.338 e. The number of carbonyl (C=O) groups is 1. The molecule has 1 aromatic rings. The van der Waals surface area contributed by atoms with Gasteiger partial charge in [0.15, 0.2) is 0 Å². The van der Waals surface area contributed by atoms with Crippen molar-refractivity contribution < 1.29 is 4.79 Å². The third kappa shape index (κ3) is 7.58. The van der Waals surface area contributed by atoms with Crippen LogP contribution in [0.5, 0.6) is 0 Å². The molecule has 0 unspecified atom stereocenters. The summed E-state index contributed by atoms with van der Waals surface area (Å²) in [5.41, 5.74) is 2.19. The van der Waals surface area contributed by atoms with Gasteiger partial charge in [-0.1, -0.05) is 38.3 Å². The van der Waals surface area contributed by atoms with E-state index in [1.807, 2.05) is 23.9 Å². The summed E-state index contributed by atoms with van der Waals surface area (Å²) in [6.45, 7) is 6.49. The minimum atomic E-state index is -0.106. The minimum absolute atomic E-state index is 0.106. The van der Waals surface area contributed by atoms with Crippen LogP contribution >= 0.6 is 11.8 Å². The number of carbonyl (C=O) groups excluding carboxylic acids is 1. The summed E-state index contributed by atoms with van der Waals surface area (Å²) >= 11 is 2.05. The van der Waals surface area contributed by atoms with E-state index in [-0.39, 0.29) is 6.03 Å². The van der Waals surface area contributed by atoms with Crippen LogP contribution in [0.15, 0.2) is 24.3 Å². The topological polar surface area (TPSA) is 44.4 Å². The molecule has 0 spiro atoms. The summed E-state index contributed by atoms with van der Waals surface area (Å²) in [6.07, 6.45) is 5.77. The molecule has 5 heteroatoms. The Hall–Kier alpha value is -1.20. The number of hydrogen-bond donors (Lipinski definition) is 2. The van der Waals surface area contributed by atoms with Crippen LogP contribution in [0.1, 0.15) is 38.2 Å². The van der Waals surface area contributed by atoms with Gasteiger partial charge in [0.2, 0.25) is 0 Å². The number of thioether (sulfide) groups is 1. The Morgan fingerprint density at radius 1 is 1.12 bits per heavy atom. The Morgan fingerprint density at radius 2 is 1.88 bits per heavy atom. The van der Waals surface area contributed by atoms with Crippen molar-refractivity contribution in [2.75, 3.05) is 43.0 Å². The van der Waals surface area contributed by atoms with Crippen LogP contribution in [0.2, 0.25) is 0 Å². The second-order valence-electron chi connectivity index (χ2n) is 6.34. The Kier molecular flexibility index (Phi) is 9.06. The molecule has 1 aliphatic rings. The molecule has 2 amide bonds. The summed E-state index contributed by atoms with van der Waals surface area (Å²) in [6, 6.07) is 8.13. The fourth-order valence-corrected chi connectivity index (χ4v) is 3.77. The lowest BCUT2D eigenvalue weighted by atomic mass is 10.1. The van der Waals surface area contributed by atoms with Gasteiger partial charge in [0.25, 0.3) is 0 Å². The van der Waals surface area contributed by atoms with E-state index in [9.17, 15) is 4.79 Å². The van der Waals surface area contributed by atoms with Crippen LogP contribution in [-0.2, 0) is 6.42 Å². The lowest BCUT2D eigenvalue weighted by Crippen LogP contribution is -2.34. The van der Waals surface area contributed by atoms with Gasteiger partial charge in [-0.15, -0.1) is 0 Å². The van der Waals surface area contributed by atoms with Gasteiger partial charge in [0, 0.05) is 43.4 Å². The Balaban J connectivity index is 1.64. The normalized spacial score (nSPS) is 15.2. The first-order chi connectivity index (χ1) is 11.8. The molecular weight excluding hydrogens is 318 g/mol. The van der Waals surface area contributed by atoms with E-state index in [4.69, 9.17) is 0 Å². The van der Waals surface area contributed by atoms with Crippen LogP contribution in [0.25, 0.3) is 0 Å². The number of urea groups is 1. The minimum Gasteiger partial charge on any atom is -0.338 e. The maximum atomic E-state index is 11.8. The molecular formula is C19H31N3OS. The average molecular weight is 350 g/mol. The molecule has 2 N–H and O–H groups in total. The molecule has 4 nitrogen and oxygen atoms in total. The molecule has 2 rings (SSSR count). The van der Waals surface area contributed by atoms with E-state index >= 15 is 0 Å². The molecule has 134 valence electrons. The SMILES string of the molecule is CCCCCCNC(=O)Nc1ccc(CCN2CCSCC2)cc1. The summed E-state index contributed by atoms with van der Waals surface area (Å²) in [5.74, 6) is 2.52. The maximum absolute atomic E-state index is 11.8. The number of benzene rings is 1. The zero-order valence-corrected chi connectivity index (χ0v) is 15.7. The number of nitrogens with one attached hydrogen (secondary N) is 2. The second kappa shape index (κ2) is 11.4. The van der Waals surface area contributed by atoms with Gasteiger partial charge in [-0.05, 0) is 30.5 Å². The van der Waals surface area contributed by atoms with E-state index in [1.165, 1.54) is 49.4 Å². The first-order valence-electron chi connectivity index (χ1n) is 9.22. The van der Waals surface area contributed by atoms with Gasteiger partial charge < -0.3 is 15.5 Å². The van der Waals surface area contributed by atoms with Crippen molar-refractivity contribution >= 4 is 23.5 Å². The second-order valence-corrected chi connectivity index (χ2v) is 7.57. The third-order valence-electron chi connectivity index (χ3n) is 4.35. The lowest BCUT2D eigenvalue weighted by Gasteiger charge is -2.26. The fraction of sp³-hybridized carbons (Fsp3) is 0.632. The molecule has 0 bridgehead atoms. The molecule has 1 aromatic carbocycles. The van der Waals surface area contributed by atoms with E-state index in [2.05, 4.69) is 34.6 Å². The number of unbranched alkanes of at least 4 members (excludes halogenated alkanes) is 3. The molecule has 0 radical (unpaired) electrons. The van der Waals surface area contributed by atoms with Crippen LogP contribution in [0.3, 0.4) is 0 Å². The standard InChI is InChI=1S/C19H31N3OS/c1-2-3-4-5-11-20-19(23)21-18-8-6-17(7-9-18)10-12-22-13-15-24-16-14-22/h6-9H,2-5,10-16H2,1H3,(H2,20,21,23). The first-order valence-corrected chi connectivity index (χ1v) is 10.4. The van der Waals surface area contributed by atoms with Gasteiger partial charge in [-0.25, -0.2) is 4.79 Å². The van der Waals surface area contributed by atoms with Gasteiger partial charge in [0.1, 0.15) is 0 Å². The number of hydrogen-bond acceptors (Lipinski definition) is 3. The molecule has 1 fully saturated rings. The molecule has 1 saturated heterocycles. The zero-order valence-electron chi connectivity index (χ0n) is 14.9. The van der Waals surface area contributed by atoms with Crippen molar-refractivity contribution in [3.63, 3.8) is 0 Å². The third-order valence-corrected chi connectivity index (χ3v) is 5.29. The van der Waals surface area contributed by atoms with Crippen molar-refractivity contribution in [1.82, 2.24) is 10.2 Å². The predicted molar refractivity (Wildman–Crippen MR) is 105 cm³/mol. The van der Waals surface area contributed by atoms with E-state index < -0.39 is 0 Å². The van der Waals surface area contributed by atoms with Gasteiger partial charge >= 0.3 is 6.03 Å². The van der Waals surface area contributed by atoms with E-state index in [1.54, 1.807) is 0 Å². The summed E-state index contributed by atoms with van der Waals surface area (Å²) in [5, 5.41) is 5.82. The molecule has 1 heterocycles. The summed E-state index contributed by atoms with van der Waals surface area (Å²) in [7, 11) is 0. The Morgan fingerprint density at radius 3 is 2.58 bits per heavy atom. The summed E-state index contributed by atoms with van der Waals surface area (Å²) < 4.78 is 0. The highest BCUT2D eigenvalue weighted by Gasteiger charge is 2.09. The van der Waals surface area contributed by atoms with E-state index in [0.717, 1.165) is 31.6 Å². The average Bonchev–Trinajstić information content (AvgIpc) is 2.62. The fourth-order valence-electron chi connectivity index (χ4n) is 2.80. The highest BCUT2D eigenvalue weighted by atomic mass is 32.2. The number of amides is 2. The van der Waals surface area contributed by atoms with Gasteiger partial charge in [0.05, 0.1) is 0 Å². The number of rotatable bonds is 9.